The van der Waals surface area contributed by atoms with E-state index in [1.54, 1.807) is 19.4 Å². The first-order valence-electron chi connectivity index (χ1n) is 7.17. The number of pyridine rings is 1. The van der Waals surface area contributed by atoms with E-state index < -0.39 is 0 Å². The van der Waals surface area contributed by atoms with Gasteiger partial charge in [-0.05, 0) is 25.1 Å². The number of amides is 1. The van der Waals surface area contributed by atoms with Crippen LogP contribution < -0.4 is 10.5 Å². The predicted octanol–water partition coefficient (Wildman–Crippen LogP) is 1.88. The lowest BCUT2D eigenvalue weighted by Crippen LogP contribution is -2.30. The highest BCUT2D eigenvalue weighted by molar-refractivity contribution is 7.19. The zero-order valence-corrected chi connectivity index (χ0v) is 14.2. The number of anilines is 1. The summed E-state index contributed by atoms with van der Waals surface area (Å²) in [5, 5.41) is 5.53. The van der Waals surface area contributed by atoms with Gasteiger partial charge in [0.05, 0.1) is 5.69 Å². The van der Waals surface area contributed by atoms with Crippen LogP contribution in [0.15, 0.2) is 41.5 Å². The summed E-state index contributed by atoms with van der Waals surface area (Å²) in [7, 11) is 3.18. The third kappa shape index (κ3) is 2.95. The molecule has 24 heavy (non-hydrogen) atoms. The molecule has 0 aliphatic rings. The minimum absolute atomic E-state index is 0.204. The van der Waals surface area contributed by atoms with E-state index in [2.05, 4.69) is 15.1 Å². The minimum atomic E-state index is -0.296. The van der Waals surface area contributed by atoms with Crippen LogP contribution in [0.1, 0.15) is 16.2 Å². The third-order valence-electron chi connectivity index (χ3n) is 3.47. The normalized spacial score (nSPS) is 10.6. The van der Waals surface area contributed by atoms with E-state index in [4.69, 9.17) is 0 Å². The molecule has 7 nitrogen and oxygen atoms in total. The summed E-state index contributed by atoms with van der Waals surface area (Å²) in [5.41, 5.74) is 1.59. The third-order valence-corrected chi connectivity index (χ3v) is 4.75. The molecule has 0 saturated carbocycles. The van der Waals surface area contributed by atoms with Crippen LogP contribution in [0.2, 0.25) is 0 Å². The standard InChI is InChI=1S/C16H15N5O2S/c1-10-16(24-14(18-10)11-5-4-8-17-9-11)20(2)15(23)12-6-7-13(22)21(3)19-12/h4-9H,1-3H3. The molecule has 0 bridgehead atoms. The summed E-state index contributed by atoms with van der Waals surface area (Å²) in [6.45, 7) is 1.85. The molecule has 8 heteroatoms. The molecular weight excluding hydrogens is 326 g/mol. The minimum Gasteiger partial charge on any atom is -0.300 e. The van der Waals surface area contributed by atoms with E-state index in [9.17, 15) is 9.59 Å². The maximum absolute atomic E-state index is 12.6. The monoisotopic (exact) mass is 341 g/mol. The Labute approximate surface area is 142 Å². The molecule has 0 N–H and O–H groups in total. The van der Waals surface area contributed by atoms with Crippen LogP contribution in [0.4, 0.5) is 5.00 Å². The molecule has 3 heterocycles. The van der Waals surface area contributed by atoms with Crippen molar-refractivity contribution in [2.75, 3.05) is 11.9 Å². The van der Waals surface area contributed by atoms with E-state index in [-0.39, 0.29) is 17.2 Å². The molecule has 0 unspecified atom stereocenters. The quantitative estimate of drug-likeness (QED) is 0.726. The number of hydrogen-bond acceptors (Lipinski definition) is 6. The van der Waals surface area contributed by atoms with Gasteiger partial charge in [-0.2, -0.15) is 5.10 Å². The maximum Gasteiger partial charge on any atom is 0.279 e. The molecule has 0 aliphatic carbocycles. The van der Waals surface area contributed by atoms with Gasteiger partial charge in [-0.25, -0.2) is 9.67 Å². The molecule has 0 aliphatic heterocycles. The van der Waals surface area contributed by atoms with Crippen molar-refractivity contribution in [2.24, 2.45) is 7.05 Å². The fourth-order valence-electron chi connectivity index (χ4n) is 2.19. The summed E-state index contributed by atoms with van der Waals surface area (Å²) >= 11 is 1.41. The molecular formula is C16H15N5O2S. The highest BCUT2D eigenvalue weighted by atomic mass is 32.1. The lowest BCUT2D eigenvalue weighted by Gasteiger charge is -2.15. The van der Waals surface area contributed by atoms with Crippen molar-refractivity contribution in [1.29, 1.82) is 0 Å². The first kappa shape index (κ1) is 16.0. The highest BCUT2D eigenvalue weighted by Gasteiger charge is 2.21. The van der Waals surface area contributed by atoms with E-state index in [1.165, 1.54) is 35.4 Å². The second-order valence-electron chi connectivity index (χ2n) is 5.20. The highest BCUT2D eigenvalue weighted by Crippen LogP contribution is 2.33. The topological polar surface area (TPSA) is 81.0 Å². The molecule has 3 rings (SSSR count). The number of carbonyl (C=O) groups excluding carboxylic acids is 1. The van der Waals surface area contributed by atoms with Crippen LogP contribution in [0, 0.1) is 6.92 Å². The van der Waals surface area contributed by atoms with Gasteiger partial charge in [0.25, 0.3) is 11.5 Å². The fraction of sp³-hybridized carbons (Fsp3) is 0.188. The number of thiazole rings is 1. The van der Waals surface area contributed by atoms with E-state index >= 15 is 0 Å². The molecule has 0 radical (unpaired) electrons. The summed E-state index contributed by atoms with van der Waals surface area (Å²) in [6.07, 6.45) is 3.43. The number of hydrogen-bond donors (Lipinski definition) is 0. The van der Waals surface area contributed by atoms with Crippen LogP contribution in [-0.2, 0) is 7.05 Å². The van der Waals surface area contributed by atoms with Crippen LogP contribution in [0.5, 0.6) is 0 Å². The zero-order chi connectivity index (χ0) is 17.3. The number of nitrogens with zero attached hydrogens (tertiary/aromatic N) is 5. The number of carbonyl (C=O) groups is 1. The van der Waals surface area contributed by atoms with E-state index in [0.717, 1.165) is 25.9 Å². The van der Waals surface area contributed by atoms with Crippen molar-refractivity contribution in [3.05, 3.63) is 58.4 Å². The van der Waals surface area contributed by atoms with Crippen LogP contribution in [0.25, 0.3) is 10.6 Å². The Hall–Kier alpha value is -2.87. The Kier molecular flexibility index (Phi) is 4.22. The van der Waals surface area contributed by atoms with Gasteiger partial charge in [0.15, 0.2) is 0 Å². The van der Waals surface area contributed by atoms with Gasteiger partial charge in [-0.15, -0.1) is 0 Å². The summed E-state index contributed by atoms with van der Waals surface area (Å²) in [5.74, 6) is -0.296. The number of aryl methyl sites for hydroxylation is 2. The van der Waals surface area contributed by atoms with Gasteiger partial charge >= 0.3 is 0 Å². The Morgan fingerprint density at radius 1 is 1.29 bits per heavy atom. The fourth-order valence-corrected chi connectivity index (χ4v) is 3.21. The molecule has 0 atom stereocenters. The summed E-state index contributed by atoms with van der Waals surface area (Å²) in [6, 6.07) is 6.52. The Morgan fingerprint density at radius 3 is 2.75 bits per heavy atom. The van der Waals surface area contributed by atoms with Crippen molar-refractivity contribution in [2.45, 2.75) is 6.92 Å². The van der Waals surface area contributed by atoms with Gasteiger partial charge in [0.2, 0.25) is 0 Å². The Bertz CT molecular complexity index is 949. The molecule has 0 saturated heterocycles. The SMILES string of the molecule is Cc1nc(-c2cccnc2)sc1N(C)C(=O)c1ccc(=O)n(C)n1. The number of rotatable bonds is 3. The zero-order valence-electron chi connectivity index (χ0n) is 13.4. The van der Waals surface area contributed by atoms with Gasteiger partial charge in [-0.1, -0.05) is 11.3 Å². The smallest absolute Gasteiger partial charge is 0.279 e. The van der Waals surface area contributed by atoms with Crippen molar-refractivity contribution in [3.63, 3.8) is 0 Å². The first-order chi connectivity index (χ1) is 11.5. The average molecular weight is 341 g/mol. The molecule has 3 aromatic heterocycles. The van der Waals surface area contributed by atoms with Crippen molar-refractivity contribution < 1.29 is 4.79 Å². The van der Waals surface area contributed by atoms with Gasteiger partial charge in [0, 0.05) is 38.1 Å². The second kappa shape index (κ2) is 6.32. The van der Waals surface area contributed by atoms with Gasteiger partial charge in [0.1, 0.15) is 15.7 Å². The molecule has 1 amide bonds. The van der Waals surface area contributed by atoms with Crippen LogP contribution >= 0.6 is 11.3 Å². The van der Waals surface area contributed by atoms with E-state index in [0.29, 0.717) is 0 Å². The van der Waals surface area contributed by atoms with Gasteiger partial charge in [-0.3, -0.25) is 19.5 Å². The van der Waals surface area contributed by atoms with Crippen molar-refractivity contribution in [3.8, 4) is 10.6 Å². The Balaban J connectivity index is 1.93. The molecule has 0 fully saturated rings. The lowest BCUT2D eigenvalue weighted by molar-refractivity contribution is 0.0986. The van der Waals surface area contributed by atoms with Crippen LogP contribution in [-0.4, -0.2) is 32.7 Å². The van der Waals surface area contributed by atoms with Gasteiger partial charge < -0.3 is 0 Å². The maximum atomic E-state index is 12.6. The molecule has 122 valence electrons. The van der Waals surface area contributed by atoms with E-state index in [1.807, 2.05) is 19.1 Å². The first-order valence-corrected chi connectivity index (χ1v) is 7.99. The Morgan fingerprint density at radius 2 is 2.08 bits per heavy atom. The summed E-state index contributed by atoms with van der Waals surface area (Å²) < 4.78 is 1.14. The number of aromatic nitrogens is 4. The van der Waals surface area contributed by atoms with Crippen molar-refractivity contribution in [1.82, 2.24) is 19.7 Å². The van der Waals surface area contributed by atoms with Crippen molar-refractivity contribution >= 4 is 22.2 Å². The molecule has 0 aromatic carbocycles. The largest absolute Gasteiger partial charge is 0.300 e. The molecule has 3 aromatic rings. The second-order valence-corrected chi connectivity index (χ2v) is 6.17. The summed E-state index contributed by atoms with van der Waals surface area (Å²) in [4.78, 5) is 34.1. The molecule has 0 spiro atoms. The predicted molar refractivity (Wildman–Crippen MR) is 92.3 cm³/mol. The lowest BCUT2D eigenvalue weighted by atomic mass is 10.3. The average Bonchev–Trinajstić information content (AvgIpc) is 2.98. The van der Waals surface area contributed by atoms with Crippen LogP contribution in [0.3, 0.4) is 0 Å².